The van der Waals surface area contributed by atoms with E-state index < -0.39 is 0 Å². The first-order valence-electron chi connectivity index (χ1n) is 9.34. The Hall–Kier alpha value is -1.05. The molecule has 0 fully saturated rings. The monoisotopic (exact) mass is 460 g/mol. The summed E-state index contributed by atoms with van der Waals surface area (Å²) in [5, 5.41) is 10.9. The molecule has 25 heavy (non-hydrogen) atoms. The highest BCUT2D eigenvalue weighted by molar-refractivity contribution is 14.0. The van der Waals surface area contributed by atoms with E-state index in [0.717, 1.165) is 43.2 Å². The zero-order valence-electron chi connectivity index (χ0n) is 15.8. The van der Waals surface area contributed by atoms with Crippen LogP contribution in [0, 0.1) is 0 Å². The van der Waals surface area contributed by atoms with Crippen molar-refractivity contribution in [1.29, 1.82) is 0 Å². The van der Waals surface area contributed by atoms with Gasteiger partial charge in [0.05, 0.1) is 12.2 Å². The summed E-state index contributed by atoms with van der Waals surface area (Å²) in [6.07, 6.45) is 10.9. The molecule has 0 unspecified atom stereocenters. The van der Waals surface area contributed by atoms with E-state index in [9.17, 15) is 0 Å². The molecule has 2 N–H and O–H groups in total. The summed E-state index contributed by atoms with van der Waals surface area (Å²) in [6.45, 7) is 5.90. The van der Waals surface area contributed by atoms with Crippen LogP contribution in [0.3, 0.4) is 0 Å². The Bertz CT molecular complexity index is 549. The lowest BCUT2D eigenvalue weighted by Crippen LogP contribution is -2.37. The van der Waals surface area contributed by atoms with E-state index in [1.807, 2.05) is 0 Å². The van der Waals surface area contributed by atoms with Crippen LogP contribution in [0.15, 0.2) is 27.2 Å². The molecule has 0 spiro atoms. The summed E-state index contributed by atoms with van der Waals surface area (Å²) in [5.74, 6) is 2.16. The Morgan fingerprint density at radius 3 is 2.72 bits per heavy atom. The van der Waals surface area contributed by atoms with Crippen molar-refractivity contribution in [3.8, 4) is 0 Å². The van der Waals surface area contributed by atoms with E-state index in [2.05, 4.69) is 46.8 Å². The predicted octanol–water partition coefficient (Wildman–Crippen LogP) is 4.75. The van der Waals surface area contributed by atoms with E-state index in [1.54, 1.807) is 12.6 Å². The summed E-state index contributed by atoms with van der Waals surface area (Å²) in [6, 6.07) is 2.06. The van der Waals surface area contributed by atoms with Gasteiger partial charge < -0.3 is 15.2 Å². The second-order valence-corrected chi connectivity index (χ2v) is 6.44. The molecule has 6 heteroatoms. The van der Waals surface area contributed by atoms with Crippen LogP contribution in [0.2, 0.25) is 0 Å². The van der Waals surface area contributed by atoms with Gasteiger partial charge in [-0.25, -0.2) is 0 Å². The minimum atomic E-state index is 0. The number of hydrogen-bond acceptors (Lipinski definition) is 3. The van der Waals surface area contributed by atoms with Crippen LogP contribution in [-0.4, -0.2) is 24.7 Å². The fourth-order valence-electron chi connectivity index (χ4n) is 3.18. The van der Waals surface area contributed by atoms with Gasteiger partial charge in [-0.3, -0.25) is 4.99 Å². The highest BCUT2D eigenvalue weighted by Crippen LogP contribution is 2.22. The van der Waals surface area contributed by atoms with Crippen LogP contribution in [-0.2, 0) is 6.54 Å². The molecule has 1 aliphatic carbocycles. The summed E-state index contributed by atoms with van der Waals surface area (Å²) in [4.78, 5) is 4.27. The van der Waals surface area contributed by atoms with Gasteiger partial charge in [0.25, 0.3) is 0 Å². The molecule has 1 aliphatic rings. The molecule has 1 aromatic heterocycles. The van der Waals surface area contributed by atoms with Crippen LogP contribution in [0.1, 0.15) is 76.2 Å². The van der Waals surface area contributed by atoms with Crippen LogP contribution >= 0.6 is 24.0 Å². The number of allylic oxidation sites excluding steroid dienone is 1. The fourth-order valence-corrected chi connectivity index (χ4v) is 3.18. The third kappa shape index (κ3) is 7.38. The normalized spacial score (nSPS) is 14.9. The van der Waals surface area contributed by atoms with Gasteiger partial charge in [-0.05, 0) is 44.9 Å². The molecule has 0 aliphatic heterocycles. The molecular weight excluding hydrogens is 427 g/mol. The zero-order valence-corrected chi connectivity index (χ0v) is 18.1. The molecule has 0 atom stereocenters. The second-order valence-electron chi connectivity index (χ2n) is 6.44. The number of guanidine groups is 1. The first-order valence-corrected chi connectivity index (χ1v) is 9.34. The van der Waals surface area contributed by atoms with Gasteiger partial charge in [0.2, 0.25) is 0 Å². The second kappa shape index (κ2) is 12.3. The quantitative estimate of drug-likeness (QED) is 0.254. The summed E-state index contributed by atoms with van der Waals surface area (Å²) in [7, 11) is 1.80. The highest BCUT2D eigenvalue weighted by atomic mass is 127. The summed E-state index contributed by atoms with van der Waals surface area (Å²) in [5.41, 5.74) is 2.64. The SMILES string of the molecule is CCC(CC)c1cc(CNC(=NC)NCCC2=CCCCC2)on1.I. The lowest BCUT2D eigenvalue weighted by molar-refractivity contribution is 0.368. The molecule has 2 rings (SSSR count). The molecule has 0 radical (unpaired) electrons. The number of rotatable bonds is 8. The molecule has 0 bridgehead atoms. The summed E-state index contributed by atoms with van der Waals surface area (Å²) < 4.78 is 5.44. The Balaban J connectivity index is 0.00000312. The Morgan fingerprint density at radius 1 is 1.28 bits per heavy atom. The molecule has 0 amide bonds. The number of halogens is 1. The topological polar surface area (TPSA) is 62.5 Å². The Kier molecular flexibility index (Phi) is 10.8. The minimum Gasteiger partial charge on any atom is -0.359 e. The third-order valence-corrected chi connectivity index (χ3v) is 4.76. The van der Waals surface area contributed by atoms with Gasteiger partial charge in [-0.15, -0.1) is 24.0 Å². The average molecular weight is 460 g/mol. The Labute approximate surface area is 169 Å². The third-order valence-electron chi connectivity index (χ3n) is 4.76. The van der Waals surface area contributed by atoms with Crippen molar-refractivity contribution in [3.63, 3.8) is 0 Å². The van der Waals surface area contributed by atoms with Crippen molar-refractivity contribution >= 4 is 29.9 Å². The van der Waals surface area contributed by atoms with Crippen LogP contribution in [0.25, 0.3) is 0 Å². The molecule has 142 valence electrons. The van der Waals surface area contributed by atoms with Crippen molar-refractivity contribution in [2.24, 2.45) is 4.99 Å². The first-order chi connectivity index (χ1) is 11.8. The number of aromatic nitrogens is 1. The van der Waals surface area contributed by atoms with Gasteiger partial charge in [-0.2, -0.15) is 0 Å². The number of nitrogens with zero attached hydrogens (tertiary/aromatic N) is 2. The van der Waals surface area contributed by atoms with Gasteiger partial charge >= 0.3 is 0 Å². The number of hydrogen-bond donors (Lipinski definition) is 2. The maximum Gasteiger partial charge on any atom is 0.191 e. The fraction of sp³-hybridized carbons (Fsp3) is 0.684. The van der Waals surface area contributed by atoms with E-state index in [-0.39, 0.29) is 24.0 Å². The maximum absolute atomic E-state index is 5.44. The number of nitrogens with one attached hydrogen (secondary N) is 2. The van der Waals surface area contributed by atoms with E-state index in [4.69, 9.17) is 4.52 Å². The van der Waals surface area contributed by atoms with Gasteiger partial charge in [0.1, 0.15) is 0 Å². The smallest absolute Gasteiger partial charge is 0.191 e. The molecule has 0 saturated heterocycles. The van der Waals surface area contributed by atoms with E-state index >= 15 is 0 Å². The molecule has 1 heterocycles. The standard InChI is InChI=1S/C19H32N4O.HI/c1-4-16(5-2)18-13-17(24-23-18)14-22-19(20-3)21-12-11-15-9-7-6-8-10-15;/h9,13,16H,4-8,10-12,14H2,1-3H3,(H2,20,21,22);1H. The van der Waals surface area contributed by atoms with Crippen molar-refractivity contribution in [3.05, 3.63) is 29.2 Å². The summed E-state index contributed by atoms with van der Waals surface area (Å²) >= 11 is 0. The molecule has 0 saturated carbocycles. The van der Waals surface area contributed by atoms with Crippen molar-refractivity contribution in [1.82, 2.24) is 15.8 Å². The van der Waals surface area contributed by atoms with Crippen LogP contribution in [0.4, 0.5) is 0 Å². The van der Waals surface area contributed by atoms with Gasteiger partial charge in [0.15, 0.2) is 11.7 Å². The first kappa shape index (κ1) is 22.0. The average Bonchev–Trinajstić information content (AvgIpc) is 3.08. The van der Waals surface area contributed by atoms with Crippen molar-refractivity contribution in [2.75, 3.05) is 13.6 Å². The lowest BCUT2D eigenvalue weighted by atomic mass is 9.97. The van der Waals surface area contributed by atoms with Gasteiger partial charge in [-0.1, -0.05) is 30.7 Å². The lowest BCUT2D eigenvalue weighted by Gasteiger charge is -2.14. The van der Waals surface area contributed by atoms with Crippen LogP contribution in [0.5, 0.6) is 0 Å². The molecule has 5 nitrogen and oxygen atoms in total. The van der Waals surface area contributed by atoms with Gasteiger partial charge in [0, 0.05) is 25.6 Å². The van der Waals surface area contributed by atoms with Crippen molar-refractivity contribution in [2.45, 2.75) is 71.3 Å². The van der Waals surface area contributed by atoms with Crippen LogP contribution < -0.4 is 10.6 Å². The predicted molar refractivity (Wildman–Crippen MR) is 115 cm³/mol. The maximum atomic E-state index is 5.44. The minimum absolute atomic E-state index is 0. The Morgan fingerprint density at radius 2 is 2.08 bits per heavy atom. The molecular formula is C19H33IN4O. The zero-order chi connectivity index (χ0) is 17.2. The number of aliphatic imine (C=N–C) groups is 1. The van der Waals surface area contributed by atoms with E-state index in [1.165, 1.54) is 25.7 Å². The molecule has 0 aromatic carbocycles. The molecule has 1 aromatic rings. The largest absolute Gasteiger partial charge is 0.359 e. The van der Waals surface area contributed by atoms with E-state index in [0.29, 0.717) is 12.5 Å². The van der Waals surface area contributed by atoms with Crippen molar-refractivity contribution < 1.29 is 4.52 Å². The highest BCUT2D eigenvalue weighted by Gasteiger charge is 2.13.